The summed E-state index contributed by atoms with van der Waals surface area (Å²) in [5, 5.41) is 0. The maximum absolute atomic E-state index is 11.9. The topological polar surface area (TPSA) is 26.3 Å². The van der Waals surface area contributed by atoms with Crippen molar-refractivity contribution in [1.29, 1.82) is 0 Å². The van der Waals surface area contributed by atoms with Gasteiger partial charge in [-0.15, -0.1) is 0 Å². The second kappa shape index (κ2) is 4.81. The average molecular weight is 262 g/mol. The molecule has 2 aliphatic rings. The quantitative estimate of drug-likeness (QED) is 0.428. The van der Waals surface area contributed by atoms with Crippen molar-refractivity contribution in [3.8, 4) is 0 Å². The lowest BCUT2D eigenvalue weighted by Gasteiger charge is -2.52. The summed E-state index contributed by atoms with van der Waals surface area (Å²) in [7, 11) is 0. The molecule has 0 aliphatic heterocycles. The van der Waals surface area contributed by atoms with Crippen molar-refractivity contribution in [1.82, 2.24) is 0 Å². The highest BCUT2D eigenvalue weighted by Crippen LogP contribution is 2.55. The van der Waals surface area contributed by atoms with Gasteiger partial charge >= 0.3 is 5.97 Å². The zero-order valence-corrected chi connectivity index (χ0v) is 12.7. The van der Waals surface area contributed by atoms with E-state index in [4.69, 9.17) is 4.74 Å². The molecule has 2 heteroatoms. The smallest absolute Gasteiger partial charge is 0.333 e. The lowest BCUT2D eigenvalue weighted by Crippen LogP contribution is -2.50. The van der Waals surface area contributed by atoms with Crippen molar-refractivity contribution >= 4 is 5.97 Å². The SMILES string of the molecule is C=C(C)C(=O)OC(C)(C)C12CCCC(=CC(C)C1)C2. The Morgan fingerprint density at radius 3 is 2.84 bits per heavy atom. The fraction of sp³-hybridized carbons (Fsp3) is 0.706. The lowest BCUT2D eigenvalue weighted by atomic mass is 9.57. The van der Waals surface area contributed by atoms with E-state index in [1.165, 1.54) is 12.8 Å². The largest absolute Gasteiger partial charge is 0.456 e. The van der Waals surface area contributed by atoms with Gasteiger partial charge in [0, 0.05) is 11.0 Å². The summed E-state index contributed by atoms with van der Waals surface area (Å²) in [5.41, 5.74) is 1.74. The van der Waals surface area contributed by atoms with E-state index in [1.807, 2.05) is 0 Å². The minimum atomic E-state index is -0.419. The molecule has 1 fully saturated rings. The Kier molecular flexibility index (Phi) is 3.63. The molecule has 0 aromatic heterocycles. The number of ether oxygens (including phenoxy) is 1. The van der Waals surface area contributed by atoms with E-state index < -0.39 is 5.60 Å². The van der Waals surface area contributed by atoms with Gasteiger partial charge in [0.1, 0.15) is 5.60 Å². The number of fused-ring (bicyclic) bond motifs is 2. The maximum atomic E-state index is 11.9. The Hall–Kier alpha value is -1.05. The third-order valence-electron chi connectivity index (χ3n) is 4.93. The fourth-order valence-electron chi connectivity index (χ4n) is 3.85. The minimum absolute atomic E-state index is 0.111. The summed E-state index contributed by atoms with van der Waals surface area (Å²) in [5.74, 6) is 0.334. The molecule has 0 amide bonds. The zero-order valence-electron chi connectivity index (χ0n) is 12.7. The molecule has 0 radical (unpaired) electrons. The number of esters is 1. The van der Waals surface area contributed by atoms with Crippen LogP contribution in [0.4, 0.5) is 0 Å². The molecule has 2 unspecified atom stereocenters. The monoisotopic (exact) mass is 262 g/mol. The molecule has 0 heterocycles. The van der Waals surface area contributed by atoms with E-state index in [-0.39, 0.29) is 11.4 Å². The third-order valence-corrected chi connectivity index (χ3v) is 4.93. The average Bonchev–Trinajstić information content (AvgIpc) is 2.27. The van der Waals surface area contributed by atoms with Gasteiger partial charge in [-0.25, -0.2) is 4.79 Å². The summed E-state index contributed by atoms with van der Waals surface area (Å²) < 4.78 is 5.80. The molecule has 0 N–H and O–H groups in total. The molecular formula is C17H26O2. The van der Waals surface area contributed by atoms with Crippen molar-refractivity contribution in [2.45, 2.75) is 65.4 Å². The van der Waals surface area contributed by atoms with Gasteiger partial charge in [0.15, 0.2) is 0 Å². The van der Waals surface area contributed by atoms with Gasteiger partial charge in [0.2, 0.25) is 0 Å². The molecule has 2 aliphatic carbocycles. The fourth-order valence-corrected chi connectivity index (χ4v) is 3.85. The van der Waals surface area contributed by atoms with Crippen molar-refractivity contribution < 1.29 is 9.53 Å². The minimum Gasteiger partial charge on any atom is -0.456 e. The highest BCUT2D eigenvalue weighted by Gasteiger charge is 2.51. The molecule has 0 saturated heterocycles. The van der Waals surface area contributed by atoms with Gasteiger partial charge in [0.25, 0.3) is 0 Å². The highest BCUT2D eigenvalue weighted by molar-refractivity contribution is 5.87. The summed E-state index contributed by atoms with van der Waals surface area (Å²) in [6.45, 7) is 11.8. The van der Waals surface area contributed by atoms with Crippen LogP contribution in [0.3, 0.4) is 0 Å². The third kappa shape index (κ3) is 2.63. The van der Waals surface area contributed by atoms with E-state index in [2.05, 4.69) is 33.4 Å². The second-order valence-electron chi connectivity index (χ2n) is 7.00. The van der Waals surface area contributed by atoms with Gasteiger partial charge in [-0.3, -0.25) is 0 Å². The van der Waals surface area contributed by atoms with Gasteiger partial charge < -0.3 is 4.74 Å². The van der Waals surface area contributed by atoms with Crippen LogP contribution in [0, 0.1) is 11.3 Å². The first-order valence-corrected chi connectivity index (χ1v) is 7.34. The van der Waals surface area contributed by atoms with Crippen LogP contribution >= 0.6 is 0 Å². The van der Waals surface area contributed by atoms with Crippen LogP contribution in [-0.4, -0.2) is 11.6 Å². The Labute approximate surface area is 116 Å². The number of carbonyl (C=O) groups is 1. The molecule has 0 spiro atoms. The Balaban J connectivity index is 2.25. The molecule has 19 heavy (non-hydrogen) atoms. The van der Waals surface area contributed by atoms with Gasteiger partial charge in [-0.05, 0) is 58.8 Å². The van der Waals surface area contributed by atoms with E-state index in [0.717, 1.165) is 19.3 Å². The maximum Gasteiger partial charge on any atom is 0.333 e. The van der Waals surface area contributed by atoms with E-state index >= 15 is 0 Å². The molecule has 0 aromatic carbocycles. The van der Waals surface area contributed by atoms with Gasteiger partial charge in [-0.1, -0.05) is 25.2 Å². The van der Waals surface area contributed by atoms with E-state index in [9.17, 15) is 4.79 Å². The summed E-state index contributed by atoms with van der Waals surface area (Å²) >= 11 is 0. The Morgan fingerprint density at radius 1 is 1.53 bits per heavy atom. The number of carbonyl (C=O) groups excluding carboxylic acids is 1. The summed E-state index contributed by atoms with van der Waals surface area (Å²) in [6, 6.07) is 0. The molecule has 2 nitrogen and oxygen atoms in total. The molecule has 2 rings (SSSR count). The molecular weight excluding hydrogens is 236 g/mol. The predicted molar refractivity (Wildman–Crippen MR) is 77.8 cm³/mol. The molecule has 1 saturated carbocycles. The van der Waals surface area contributed by atoms with Crippen molar-refractivity contribution in [3.05, 3.63) is 23.8 Å². The molecule has 2 atom stereocenters. The summed E-state index contributed by atoms with van der Waals surface area (Å²) in [6.07, 6.45) is 8.23. The van der Waals surface area contributed by atoms with Crippen LogP contribution in [0.15, 0.2) is 23.8 Å². The van der Waals surface area contributed by atoms with Crippen molar-refractivity contribution in [2.75, 3.05) is 0 Å². The Morgan fingerprint density at radius 2 is 2.21 bits per heavy atom. The zero-order chi connectivity index (χ0) is 14.3. The number of hydrogen-bond acceptors (Lipinski definition) is 2. The number of hydrogen-bond donors (Lipinski definition) is 0. The van der Waals surface area contributed by atoms with Crippen LogP contribution < -0.4 is 0 Å². The lowest BCUT2D eigenvalue weighted by molar-refractivity contribution is -0.171. The van der Waals surface area contributed by atoms with Gasteiger partial charge in [0.05, 0.1) is 0 Å². The second-order valence-corrected chi connectivity index (χ2v) is 7.00. The van der Waals surface area contributed by atoms with Gasteiger partial charge in [-0.2, -0.15) is 0 Å². The number of allylic oxidation sites excluding steroid dienone is 2. The van der Waals surface area contributed by atoms with Crippen LogP contribution in [0.5, 0.6) is 0 Å². The highest BCUT2D eigenvalue weighted by atomic mass is 16.6. The van der Waals surface area contributed by atoms with Crippen LogP contribution in [0.2, 0.25) is 0 Å². The Bertz CT molecular complexity index is 431. The van der Waals surface area contributed by atoms with Crippen LogP contribution in [-0.2, 0) is 9.53 Å². The molecule has 0 aromatic rings. The van der Waals surface area contributed by atoms with Crippen LogP contribution in [0.1, 0.15) is 59.8 Å². The first kappa shape index (κ1) is 14.4. The van der Waals surface area contributed by atoms with E-state index in [0.29, 0.717) is 11.5 Å². The first-order valence-electron chi connectivity index (χ1n) is 7.34. The molecule has 2 bridgehead atoms. The summed E-state index contributed by atoms with van der Waals surface area (Å²) in [4.78, 5) is 11.9. The normalized spacial score (nSPS) is 30.5. The predicted octanol–water partition coefficient (Wildman–Crippen LogP) is 4.41. The van der Waals surface area contributed by atoms with Crippen molar-refractivity contribution in [3.63, 3.8) is 0 Å². The standard InChI is InChI=1S/C17H26O2/c1-12(2)15(18)19-16(4,5)17-8-6-7-14(11-17)9-13(3)10-17/h9,13H,1,6-8,10-11H2,2-5H3. The van der Waals surface area contributed by atoms with E-state index in [1.54, 1.807) is 12.5 Å². The van der Waals surface area contributed by atoms with Crippen molar-refractivity contribution in [2.24, 2.45) is 11.3 Å². The number of rotatable bonds is 3. The molecule has 106 valence electrons. The first-order chi connectivity index (χ1) is 8.76. The van der Waals surface area contributed by atoms with Crippen LogP contribution in [0.25, 0.3) is 0 Å².